The van der Waals surface area contributed by atoms with Gasteiger partial charge in [0.25, 0.3) is 0 Å². The first-order valence-corrected chi connectivity index (χ1v) is 9.17. The summed E-state index contributed by atoms with van der Waals surface area (Å²) in [6.07, 6.45) is 3.81. The average Bonchev–Trinajstić information content (AvgIpc) is 3.12. The van der Waals surface area contributed by atoms with Gasteiger partial charge in [0.1, 0.15) is 0 Å². The zero-order valence-corrected chi connectivity index (χ0v) is 15.3. The topological polar surface area (TPSA) is 37.5 Å². The van der Waals surface area contributed by atoms with Crippen LogP contribution in [0.5, 0.6) is 5.88 Å². The lowest BCUT2D eigenvalue weighted by Crippen LogP contribution is -1.98. The second-order valence-corrected chi connectivity index (χ2v) is 7.68. The summed E-state index contributed by atoms with van der Waals surface area (Å²) in [6, 6.07) is 16.2. The average molecular weight is 364 g/mol. The van der Waals surface area contributed by atoms with Crippen molar-refractivity contribution in [1.29, 1.82) is 0 Å². The molecule has 2 heterocycles. The molecule has 0 saturated carbocycles. The molecule has 3 nitrogen and oxygen atoms in total. The second-order valence-electron chi connectivity index (χ2n) is 6.01. The normalized spacial score (nSPS) is 14.2. The summed E-state index contributed by atoms with van der Waals surface area (Å²) >= 11 is 6.87. The van der Waals surface area contributed by atoms with E-state index in [4.69, 9.17) is 12.2 Å². The minimum absolute atomic E-state index is 0.209. The molecule has 0 unspecified atom stereocenters. The molecule has 0 aliphatic carbocycles. The lowest BCUT2D eigenvalue weighted by Gasteiger charge is -2.05. The molecule has 0 fully saturated rings. The van der Waals surface area contributed by atoms with Gasteiger partial charge in [-0.25, -0.2) is 0 Å². The maximum atomic E-state index is 10.7. The number of aromatic hydroxyl groups is 1. The van der Waals surface area contributed by atoms with Gasteiger partial charge >= 0.3 is 0 Å². The second kappa shape index (κ2) is 6.43. The smallest absolute Gasteiger partial charge is 0.210 e. The Balaban J connectivity index is 1.72. The predicted molar refractivity (Wildman–Crippen MR) is 108 cm³/mol. The minimum atomic E-state index is 0.209. The Morgan fingerprint density at radius 1 is 1.20 bits per heavy atom. The highest BCUT2D eigenvalue weighted by Gasteiger charge is 2.16. The molecular formula is C20H16N2OS2. The molecule has 1 aromatic heterocycles. The van der Waals surface area contributed by atoms with Crippen LogP contribution in [0.2, 0.25) is 0 Å². The van der Waals surface area contributed by atoms with Crippen molar-refractivity contribution < 1.29 is 5.11 Å². The van der Waals surface area contributed by atoms with E-state index in [2.05, 4.69) is 24.0 Å². The standard InChI is InChI=1S/C20H16N2OS2/c1-13-7-8-17-16(9-13)15(11-21-17)10-18-19(23)22(20(24)25-18)12-14-5-3-2-4-6-14/h2-11,23H,12H2,1H3. The molecule has 0 amide bonds. The number of aliphatic imine (C=N–C) groups is 1. The molecule has 1 N–H and O–H groups in total. The quantitative estimate of drug-likeness (QED) is 0.614. The van der Waals surface area contributed by atoms with Crippen molar-refractivity contribution in [1.82, 2.24) is 4.57 Å². The molecule has 2 aromatic carbocycles. The van der Waals surface area contributed by atoms with Gasteiger partial charge < -0.3 is 5.11 Å². The molecule has 0 atom stereocenters. The van der Waals surface area contributed by atoms with Gasteiger partial charge in [0.2, 0.25) is 5.88 Å². The molecule has 0 spiro atoms. The van der Waals surface area contributed by atoms with Crippen molar-refractivity contribution in [2.75, 3.05) is 0 Å². The number of allylic oxidation sites excluding steroid dienone is 1. The molecule has 4 rings (SSSR count). The molecule has 1 aliphatic rings. The van der Waals surface area contributed by atoms with E-state index in [1.54, 1.807) is 4.57 Å². The van der Waals surface area contributed by atoms with Gasteiger partial charge in [-0.3, -0.25) is 9.56 Å². The summed E-state index contributed by atoms with van der Waals surface area (Å²) < 4.78 is 2.43. The molecule has 3 aromatic rings. The molecule has 0 saturated heterocycles. The zero-order chi connectivity index (χ0) is 17.4. The van der Waals surface area contributed by atoms with Crippen LogP contribution >= 0.6 is 23.6 Å². The number of fused-ring (bicyclic) bond motifs is 1. The van der Waals surface area contributed by atoms with Crippen molar-refractivity contribution in [3.63, 3.8) is 0 Å². The van der Waals surface area contributed by atoms with E-state index in [1.165, 1.54) is 16.9 Å². The van der Waals surface area contributed by atoms with E-state index < -0.39 is 0 Å². The first kappa shape index (κ1) is 16.0. The Hall–Kier alpha value is -2.50. The summed E-state index contributed by atoms with van der Waals surface area (Å²) in [7, 11) is 0. The van der Waals surface area contributed by atoms with Gasteiger partial charge in [0.15, 0.2) is 3.95 Å². The van der Waals surface area contributed by atoms with Gasteiger partial charge in [-0.15, -0.1) is 11.3 Å². The third-order valence-electron chi connectivity index (χ3n) is 4.17. The number of hydrogen-bond acceptors (Lipinski definition) is 4. The Morgan fingerprint density at radius 2 is 2.00 bits per heavy atom. The van der Waals surface area contributed by atoms with Crippen LogP contribution in [0.25, 0.3) is 11.6 Å². The van der Waals surface area contributed by atoms with Crippen molar-refractivity contribution in [3.05, 3.63) is 74.1 Å². The Morgan fingerprint density at radius 3 is 2.80 bits per heavy atom. The maximum absolute atomic E-state index is 10.7. The van der Waals surface area contributed by atoms with E-state index >= 15 is 0 Å². The number of rotatable bonds is 3. The fourth-order valence-corrected chi connectivity index (χ4v) is 4.13. The van der Waals surface area contributed by atoms with Crippen LogP contribution in [-0.2, 0) is 6.54 Å². The highest BCUT2D eigenvalue weighted by atomic mass is 32.1. The Kier molecular flexibility index (Phi) is 4.11. The fourth-order valence-electron chi connectivity index (χ4n) is 2.87. The van der Waals surface area contributed by atoms with Crippen LogP contribution < -0.4 is 0 Å². The van der Waals surface area contributed by atoms with Crippen LogP contribution in [0.4, 0.5) is 5.69 Å². The van der Waals surface area contributed by atoms with Crippen LogP contribution in [0, 0.1) is 10.9 Å². The van der Waals surface area contributed by atoms with Gasteiger partial charge in [0.05, 0.1) is 17.1 Å². The number of thiazole rings is 1. The first-order valence-electron chi connectivity index (χ1n) is 7.95. The van der Waals surface area contributed by atoms with E-state index in [0.29, 0.717) is 10.5 Å². The lowest BCUT2D eigenvalue weighted by atomic mass is 10.0. The number of aromatic nitrogens is 1. The van der Waals surface area contributed by atoms with Gasteiger partial charge in [0, 0.05) is 17.4 Å². The van der Waals surface area contributed by atoms with Crippen molar-refractivity contribution in [2.45, 2.75) is 13.5 Å². The third-order valence-corrected chi connectivity index (χ3v) is 5.56. The Bertz CT molecular complexity index is 1060. The molecule has 0 radical (unpaired) electrons. The molecule has 25 heavy (non-hydrogen) atoms. The molecule has 5 heteroatoms. The molecule has 1 aliphatic heterocycles. The maximum Gasteiger partial charge on any atom is 0.210 e. The zero-order valence-electron chi connectivity index (χ0n) is 13.6. The summed E-state index contributed by atoms with van der Waals surface area (Å²) in [5, 5.41) is 10.7. The minimum Gasteiger partial charge on any atom is -0.493 e. The van der Waals surface area contributed by atoms with Gasteiger partial charge in [-0.1, -0.05) is 42.0 Å². The van der Waals surface area contributed by atoms with Crippen molar-refractivity contribution in [2.24, 2.45) is 4.99 Å². The molecular weight excluding hydrogens is 348 g/mol. The third kappa shape index (κ3) is 3.08. The first-order chi connectivity index (χ1) is 12.1. The van der Waals surface area contributed by atoms with Crippen molar-refractivity contribution in [3.8, 4) is 5.88 Å². The monoisotopic (exact) mass is 364 g/mol. The summed E-state index contributed by atoms with van der Waals surface area (Å²) in [6.45, 7) is 2.63. The molecule has 0 bridgehead atoms. The van der Waals surface area contributed by atoms with Crippen LogP contribution in [0.1, 0.15) is 21.6 Å². The highest BCUT2D eigenvalue weighted by Crippen LogP contribution is 2.36. The lowest BCUT2D eigenvalue weighted by molar-refractivity contribution is 0.422. The number of benzene rings is 2. The summed E-state index contributed by atoms with van der Waals surface area (Å²) in [5.41, 5.74) is 5.34. The highest BCUT2D eigenvalue weighted by molar-refractivity contribution is 7.73. The largest absolute Gasteiger partial charge is 0.493 e. The number of aryl methyl sites for hydroxylation is 1. The van der Waals surface area contributed by atoms with E-state index in [0.717, 1.165) is 27.3 Å². The number of hydrogen-bond donors (Lipinski definition) is 1. The number of nitrogens with zero attached hydrogens (tertiary/aromatic N) is 2. The van der Waals surface area contributed by atoms with Crippen LogP contribution in [-0.4, -0.2) is 15.9 Å². The van der Waals surface area contributed by atoms with E-state index in [1.807, 2.05) is 48.7 Å². The predicted octanol–water partition coefficient (Wildman–Crippen LogP) is 5.60. The summed E-state index contributed by atoms with van der Waals surface area (Å²) in [5.74, 6) is 0.209. The fraction of sp³-hybridized carbons (Fsp3) is 0.100. The SMILES string of the molecule is Cc1ccc2c(c1)C(=Cc1sc(=S)n(Cc3ccccc3)c1O)C=N2. The van der Waals surface area contributed by atoms with E-state index in [-0.39, 0.29) is 5.88 Å². The van der Waals surface area contributed by atoms with Crippen LogP contribution in [0.15, 0.2) is 53.5 Å². The Labute approximate surface area is 155 Å². The van der Waals surface area contributed by atoms with Crippen molar-refractivity contribution >= 4 is 47.1 Å². The van der Waals surface area contributed by atoms with Gasteiger partial charge in [-0.2, -0.15) is 0 Å². The van der Waals surface area contributed by atoms with E-state index in [9.17, 15) is 5.11 Å². The van der Waals surface area contributed by atoms with Gasteiger partial charge in [-0.05, 0) is 42.9 Å². The molecule has 124 valence electrons. The van der Waals surface area contributed by atoms with Crippen LogP contribution in [0.3, 0.4) is 0 Å². The summed E-state index contributed by atoms with van der Waals surface area (Å²) in [4.78, 5) is 5.20.